The monoisotopic (exact) mass is 571 g/mol. The summed E-state index contributed by atoms with van der Waals surface area (Å²) in [7, 11) is 0. The van der Waals surface area contributed by atoms with Crippen LogP contribution in [0.3, 0.4) is 0 Å². The Morgan fingerprint density at radius 3 is 2.69 bits per heavy atom. The maximum Gasteiger partial charge on any atom is 0.416 e. The van der Waals surface area contributed by atoms with Crippen LogP contribution in [-0.4, -0.2) is 70.6 Å². The van der Waals surface area contributed by atoms with Crippen molar-refractivity contribution in [2.45, 2.75) is 31.0 Å². The Morgan fingerprint density at radius 2 is 1.97 bits per heavy atom. The number of carbonyl (C=O) groups is 1. The van der Waals surface area contributed by atoms with Gasteiger partial charge >= 0.3 is 12.4 Å². The molecule has 1 amide bonds. The first kappa shape index (κ1) is 27.5. The van der Waals surface area contributed by atoms with Gasteiger partial charge in [-0.1, -0.05) is 24.3 Å². The minimum Gasteiger partial charge on any atom is -0.395 e. The Labute approximate surface area is 223 Å². The zero-order valence-corrected chi connectivity index (χ0v) is 21.0. The summed E-state index contributed by atoms with van der Waals surface area (Å²) < 4.78 is 79.7. The van der Waals surface area contributed by atoms with E-state index in [0.717, 1.165) is 6.07 Å². The van der Waals surface area contributed by atoms with Crippen molar-refractivity contribution >= 4 is 29.1 Å². The van der Waals surface area contributed by atoms with Crippen molar-refractivity contribution in [3.05, 3.63) is 69.7 Å². The van der Waals surface area contributed by atoms with Crippen molar-refractivity contribution in [2.24, 2.45) is 16.0 Å². The van der Waals surface area contributed by atoms with E-state index in [4.69, 9.17) is 0 Å². The van der Waals surface area contributed by atoms with Gasteiger partial charge in [0.05, 0.1) is 35.2 Å². The molecule has 5 rings (SSSR count). The van der Waals surface area contributed by atoms with E-state index in [1.54, 1.807) is 24.4 Å². The molecule has 208 valence electrons. The fraction of sp³-hybridized carbons (Fsp3) is 0.400. The molecule has 39 heavy (non-hydrogen) atoms. The van der Waals surface area contributed by atoms with Gasteiger partial charge in [0.2, 0.25) is 0 Å². The number of carbonyl (C=O) groups excluding carboxylic acids is 1. The van der Waals surface area contributed by atoms with Crippen LogP contribution in [0.5, 0.6) is 0 Å². The molecule has 4 aliphatic rings. The maximum absolute atomic E-state index is 13.6. The van der Waals surface area contributed by atoms with Gasteiger partial charge in [-0.15, -0.1) is 0 Å². The summed E-state index contributed by atoms with van der Waals surface area (Å²) in [4.78, 5) is 19.0. The number of aliphatic hydroxyl groups is 1. The van der Waals surface area contributed by atoms with Gasteiger partial charge in [-0.25, -0.2) is 0 Å². The zero-order valence-electron chi connectivity index (χ0n) is 20.2. The minimum absolute atomic E-state index is 0.0275. The summed E-state index contributed by atoms with van der Waals surface area (Å²) in [6, 6.07) is 1.08. The first-order valence-electron chi connectivity index (χ1n) is 12.0. The Balaban J connectivity index is 1.27. The number of nitrogens with zero attached hydrogens (tertiary/aromatic N) is 4. The molecule has 0 bridgehead atoms. The number of rotatable bonds is 4. The van der Waals surface area contributed by atoms with E-state index < -0.39 is 29.5 Å². The lowest BCUT2D eigenvalue weighted by atomic mass is 9.92. The summed E-state index contributed by atoms with van der Waals surface area (Å²) in [5.74, 6) is -0.680. The summed E-state index contributed by atoms with van der Waals surface area (Å²) in [6.45, 7) is 1.47. The van der Waals surface area contributed by atoms with E-state index in [0.29, 0.717) is 41.3 Å². The number of hydrazone groups is 1. The third-order valence-corrected chi connectivity index (χ3v) is 7.77. The van der Waals surface area contributed by atoms with E-state index in [2.05, 4.69) is 15.4 Å². The number of hydrogen-bond acceptors (Lipinski definition) is 7. The largest absolute Gasteiger partial charge is 0.416 e. The third kappa shape index (κ3) is 5.92. The fourth-order valence-corrected chi connectivity index (χ4v) is 5.71. The van der Waals surface area contributed by atoms with Gasteiger partial charge in [0.1, 0.15) is 0 Å². The van der Waals surface area contributed by atoms with Crippen LogP contribution < -0.4 is 5.32 Å². The van der Waals surface area contributed by atoms with Crippen LogP contribution in [0, 0.1) is 5.92 Å². The minimum atomic E-state index is -4.96. The summed E-state index contributed by atoms with van der Waals surface area (Å²) in [5, 5.41) is 18.8. The number of halogens is 6. The molecule has 3 heterocycles. The van der Waals surface area contributed by atoms with Crippen molar-refractivity contribution in [2.75, 3.05) is 26.2 Å². The van der Waals surface area contributed by atoms with Gasteiger partial charge in [0, 0.05) is 37.8 Å². The molecule has 1 aromatic rings. The van der Waals surface area contributed by atoms with Crippen LogP contribution in [0.15, 0.2) is 63.1 Å². The molecule has 1 aromatic carbocycles. The topological polar surface area (TPSA) is 80.5 Å². The summed E-state index contributed by atoms with van der Waals surface area (Å²) >= 11 is 1.24. The third-order valence-electron chi connectivity index (χ3n) is 6.72. The van der Waals surface area contributed by atoms with E-state index in [-0.39, 0.29) is 42.6 Å². The highest BCUT2D eigenvalue weighted by atomic mass is 32.2. The molecule has 0 radical (unpaired) electrons. The molecule has 3 atom stereocenters. The average Bonchev–Trinajstić information content (AvgIpc) is 3.45. The molecule has 14 heteroatoms. The highest BCUT2D eigenvalue weighted by molar-refractivity contribution is 8.18. The molecule has 0 aromatic heterocycles. The molecule has 0 saturated carbocycles. The predicted octanol–water partition coefficient (Wildman–Crippen LogP) is 3.79. The van der Waals surface area contributed by atoms with Crippen LogP contribution in [-0.2, 0) is 23.7 Å². The van der Waals surface area contributed by atoms with E-state index in [1.807, 2.05) is 11.0 Å². The molecule has 7 nitrogen and oxygen atoms in total. The first-order chi connectivity index (χ1) is 18.4. The van der Waals surface area contributed by atoms with Crippen LogP contribution in [0.2, 0.25) is 0 Å². The molecule has 2 unspecified atom stereocenters. The van der Waals surface area contributed by atoms with Crippen LogP contribution in [0.25, 0.3) is 0 Å². The summed E-state index contributed by atoms with van der Waals surface area (Å²) in [5.41, 5.74) is -2.32. The van der Waals surface area contributed by atoms with Crippen molar-refractivity contribution < 1.29 is 36.2 Å². The number of nitrogens with one attached hydrogen (secondary N) is 1. The molecule has 1 saturated heterocycles. The van der Waals surface area contributed by atoms with Gasteiger partial charge in [-0.3, -0.25) is 9.80 Å². The van der Waals surface area contributed by atoms with Gasteiger partial charge < -0.3 is 15.3 Å². The predicted molar refractivity (Wildman–Crippen MR) is 134 cm³/mol. The Kier molecular flexibility index (Phi) is 7.37. The van der Waals surface area contributed by atoms with Gasteiger partial charge in [-0.2, -0.15) is 36.4 Å². The Bertz CT molecular complexity index is 1300. The van der Waals surface area contributed by atoms with Crippen molar-refractivity contribution in [3.8, 4) is 0 Å². The van der Waals surface area contributed by atoms with Crippen LogP contribution in [0.4, 0.5) is 26.3 Å². The number of fused-ring (bicyclic) bond motifs is 1. The number of piperazine rings is 1. The second-order valence-corrected chi connectivity index (χ2v) is 10.4. The maximum atomic E-state index is 13.6. The fourth-order valence-electron chi connectivity index (χ4n) is 4.76. The molecule has 1 fully saturated rings. The van der Waals surface area contributed by atoms with Gasteiger partial charge in [0.25, 0.3) is 5.91 Å². The number of aliphatic imine (C=N–C) groups is 1. The van der Waals surface area contributed by atoms with Crippen molar-refractivity contribution in [3.63, 3.8) is 0 Å². The molecular formula is C25H23F6N5O2S. The SMILES string of the molecule is O=C1N=C(N2CCN[C@H](CO)C2)S/C1=C\C1=CC2C=NN(Cc3ccc(C(F)(F)F)cc3C(F)(F)F)C2C=C1. The second-order valence-electron chi connectivity index (χ2n) is 9.41. The number of amides is 1. The number of allylic oxidation sites excluding steroid dienone is 3. The van der Waals surface area contributed by atoms with Gasteiger partial charge in [-0.05, 0) is 41.1 Å². The lowest BCUT2D eigenvalue weighted by molar-refractivity contribution is -0.143. The highest BCUT2D eigenvalue weighted by Gasteiger charge is 2.39. The number of aliphatic hydroxyl groups excluding tert-OH is 1. The van der Waals surface area contributed by atoms with Gasteiger partial charge in [0.15, 0.2) is 5.17 Å². The van der Waals surface area contributed by atoms with Crippen LogP contribution >= 0.6 is 11.8 Å². The smallest absolute Gasteiger partial charge is 0.395 e. The number of benzene rings is 1. The normalized spacial score (nSPS) is 26.4. The first-order valence-corrected chi connectivity index (χ1v) is 12.8. The quantitative estimate of drug-likeness (QED) is 0.423. The number of amidine groups is 1. The lowest BCUT2D eigenvalue weighted by Crippen LogP contribution is -2.53. The molecule has 3 aliphatic heterocycles. The number of hydrogen-bond donors (Lipinski definition) is 2. The molecule has 2 N–H and O–H groups in total. The standard InChI is InChI=1S/C25H23F6N5O2S/c26-24(27,28)17-3-2-15(19(9-17)25(29,30)31)11-36-20-4-1-14(7-16(20)10-33-36)8-21-22(38)34-23(39-21)35-6-5-32-18(12-35)13-37/h1-4,7-10,16,18,20,32,37H,5-6,11-13H2/b21-8-/t16?,18-,20?/m0/s1. The van der Waals surface area contributed by atoms with Crippen LogP contribution in [0.1, 0.15) is 16.7 Å². The lowest BCUT2D eigenvalue weighted by Gasteiger charge is -2.33. The molecule has 0 spiro atoms. The van der Waals surface area contributed by atoms with Crippen molar-refractivity contribution in [1.82, 2.24) is 15.2 Å². The molecule has 1 aliphatic carbocycles. The highest BCUT2D eigenvalue weighted by Crippen LogP contribution is 2.39. The average molecular weight is 572 g/mol. The van der Waals surface area contributed by atoms with E-state index >= 15 is 0 Å². The summed E-state index contributed by atoms with van der Waals surface area (Å²) in [6.07, 6.45) is -1.30. The molecular weight excluding hydrogens is 548 g/mol. The Hall–Kier alpha value is -3.10. The zero-order chi connectivity index (χ0) is 27.9. The Morgan fingerprint density at radius 1 is 1.18 bits per heavy atom. The number of thioether (sulfide) groups is 1. The second kappa shape index (κ2) is 10.5. The van der Waals surface area contributed by atoms with E-state index in [9.17, 15) is 36.2 Å². The number of alkyl halides is 6. The van der Waals surface area contributed by atoms with E-state index in [1.165, 1.54) is 16.8 Å². The van der Waals surface area contributed by atoms with Crippen molar-refractivity contribution in [1.29, 1.82) is 0 Å².